The molecule has 1 heterocycles. The van der Waals surface area contributed by atoms with E-state index in [0.29, 0.717) is 32.0 Å². The predicted molar refractivity (Wildman–Crippen MR) is 100 cm³/mol. The molecule has 2 aromatic rings. The van der Waals surface area contributed by atoms with Crippen LogP contribution in [0.1, 0.15) is 23.6 Å². The third-order valence-electron chi connectivity index (χ3n) is 4.03. The number of halogens is 1. The molecule has 0 bridgehead atoms. The minimum atomic E-state index is -0.353. The average Bonchev–Trinajstić information content (AvgIpc) is 2.98. The maximum atomic E-state index is 12.4. The molecule has 0 atom stereocenters. The number of methoxy groups -OCH3 is 1. The minimum absolute atomic E-state index is 0.353. The van der Waals surface area contributed by atoms with Crippen LogP contribution in [-0.2, 0) is 20.0 Å². The number of hydrogen-bond donors (Lipinski definition) is 2. The molecular formula is C18H27FN6O. The lowest BCUT2D eigenvalue weighted by molar-refractivity contribution is 0.414. The highest BCUT2D eigenvalue weighted by Gasteiger charge is 2.05. The quantitative estimate of drug-likeness (QED) is 0.404. The highest BCUT2D eigenvalue weighted by Crippen LogP contribution is 2.11. The number of aliphatic imine (C=N–C) groups is 1. The Labute approximate surface area is 153 Å². The van der Waals surface area contributed by atoms with E-state index in [1.165, 1.54) is 5.56 Å². The van der Waals surface area contributed by atoms with E-state index >= 15 is 0 Å². The SMILES string of the molecule is COc1ccc(CCNC(=NCc2nnc(C)n2C)NCCCF)cc1. The van der Waals surface area contributed by atoms with Crippen LogP contribution in [0, 0.1) is 6.92 Å². The van der Waals surface area contributed by atoms with Crippen LogP contribution < -0.4 is 15.4 Å². The highest BCUT2D eigenvalue weighted by atomic mass is 19.1. The van der Waals surface area contributed by atoms with E-state index in [-0.39, 0.29) is 6.67 Å². The number of ether oxygens (including phenoxy) is 1. The fourth-order valence-electron chi connectivity index (χ4n) is 2.30. The average molecular weight is 362 g/mol. The molecular weight excluding hydrogens is 335 g/mol. The summed E-state index contributed by atoms with van der Waals surface area (Å²) in [5.74, 6) is 3.11. The Morgan fingerprint density at radius 1 is 1.19 bits per heavy atom. The number of guanidine groups is 1. The molecule has 0 amide bonds. The van der Waals surface area contributed by atoms with E-state index in [1.807, 2.05) is 42.8 Å². The zero-order valence-corrected chi connectivity index (χ0v) is 15.6. The van der Waals surface area contributed by atoms with Gasteiger partial charge in [0.1, 0.15) is 18.1 Å². The van der Waals surface area contributed by atoms with Crippen molar-refractivity contribution in [2.24, 2.45) is 12.0 Å². The maximum Gasteiger partial charge on any atom is 0.191 e. The Morgan fingerprint density at radius 2 is 1.92 bits per heavy atom. The Balaban J connectivity index is 1.90. The zero-order valence-electron chi connectivity index (χ0n) is 15.6. The van der Waals surface area contributed by atoms with Crippen molar-refractivity contribution < 1.29 is 9.13 Å². The molecule has 2 rings (SSSR count). The molecule has 142 valence electrons. The first kappa shape index (κ1) is 19.7. The fourth-order valence-corrected chi connectivity index (χ4v) is 2.30. The van der Waals surface area contributed by atoms with Gasteiger partial charge >= 0.3 is 0 Å². The van der Waals surface area contributed by atoms with E-state index < -0.39 is 0 Å². The van der Waals surface area contributed by atoms with Gasteiger partial charge in [-0.25, -0.2) is 4.99 Å². The van der Waals surface area contributed by atoms with Gasteiger partial charge < -0.3 is 19.9 Å². The van der Waals surface area contributed by atoms with Crippen LogP contribution in [0.4, 0.5) is 4.39 Å². The van der Waals surface area contributed by atoms with Crippen LogP contribution in [0.2, 0.25) is 0 Å². The second-order valence-electron chi connectivity index (χ2n) is 5.88. The molecule has 1 aromatic heterocycles. The molecule has 26 heavy (non-hydrogen) atoms. The summed E-state index contributed by atoms with van der Waals surface area (Å²) in [4.78, 5) is 4.53. The van der Waals surface area contributed by atoms with Gasteiger partial charge in [0.25, 0.3) is 0 Å². The molecule has 0 spiro atoms. The number of nitrogens with zero attached hydrogens (tertiary/aromatic N) is 4. The lowest BCUT2D eigenvalue weighted by Gasteiger charge is -2.12. The smallest absolute Gasteiger partial charge is 0.191 e. The molecule has 0 unspecified atom stereocenters. The van der Waals surface area contributed by atoms with E-state index in [1.54, 1.807) is 7.11 Å². The lowest BCUT2D eigenvalue weighted by atomic mass is 10.1. The van der Waals surface area contributed by atoms with Gasteiger partial charge in [-0.1, -0.05) is 12.1 Å². The molecule has 2 N–H and O–H groups in total. The Kier molecular flexibility index (Phi) is 7.85. The number of rotatable bonds is 9. The molecule has 0 saturated heterocycles. The van der Waals surface area contributed by atoms with Crippen molar-refractivity contribution in [2.75, 3.05) is 26.9 Å². The Morgan fingerprint density at radius 3 is 2.54 bits per heavy atom. The second kappa shape index (κ2) is 10.4. The minimum Gasteiger partial charge on any atom is -0.497 e. The molecule has 0 saturated carbocycles. The standard InChI is InChI=1S/C18H27FN6O/c1-14-23-24-17(25(14)2)13-22-18(20-11-4-10-19)21-12-9-15-5-7-16(26-3)8-6-15/h5-8H,4,9-13H2,1-3H3,(H2,20,21,22). The predicted octanol–water partition coefficient (Wildman–Crippen LogP) is 1.77. The van der Waals surface area contributed by atoms with Crippen LogP contribution in [0.3, 0.4) is 0 Å². The summed E-state index contributed by atoms with van der Waals surface area (Å²) in [5, 5.41) is 14.6. The highest BCUT2D eigenvalue weighted by molar-refractivity contribution is 5.79. The molecule has 0 fully saturated rings. The van der Waals surface area contributed by atoms with Gasteiger partial charge in [0.05, 0.1) is 13.8 Å². The number of nitrogens with one attached hydrogen (secondary N) is 2. The van der Waals surface area contributed by atoms with Gasteiger partial charge in [0.2, 0.25) is 0 Å². The number of aromatic nitrogens is 3. The van der Waals surface area contributed by atoms with Crippen molar-refractivity contribution >= 4 is 5.96 Å². The van der Waals surface area contributed by atoms with Gasteiger partial charge in [0.15, 0.2) is 11.8 Å². The van der Waals surface area contributed by atoms with Gasteiger partial charge in [-0.2, -0.15) is 0 Å². The largest absolute Gasteiger partial charge is 0.497 e. The van der Waals surface area contributed by atoms with E-state index in [4.69, 9.17) is 4.74 Å². The van der Waals surface area contributed by atoms with Crippen molar-refractivity contribution in [2.45, 2.75) is 26.3 Å². The molecule has 1 aromatic carbocycles. The summed E-state index contributed by atoms with van der Waals surface area (Å²) < 4.78 is 19.4. The summed E-state index contributed by atoms with van der Waals surface area (Å²) >= 11 is 0. The topological polar surface area (TPSA) is 76.4 Å². The zero-order chi connectivity index (χ0) is 18.8. The van der Waals surface area contributed by atoms with Crippen molar-refractivity contribution in [3.05, 3.63) is 41.5 Å². The van der Waals surface area contributed by atoms with Crippen LogP contribution in [-0.4, -0.2) is 47.6 Å². The fraction of sp³-hybridized carbons (Fsp3) is 0.500. The van der Waals surface area contributed by atoms with E-state index in [0.717, 1.165) is 23.8 Å². The molecule has 8 heteroatoms. The summed E-state index contributed by atoms with van der Waals surface area (Å²) in [5.41, 5.74) is 1.20. The summed E-state index contributed by atoms with van der Waals surface area (Å²) in [7, 11) is 3.56. The summed E-state index contributed by atoms with van der Waals surface area (Å²) in [6, 6.07) is 7.97. The first-order chi connectivity index (χ1) is 12.6. The van der Waals surface area contributed by atoms with Crippen molar-refractivity contribution in [1.82, 2.24) is 25.4 Å². The third kappa shape index (κ3) is 6.02. The molecule has 0 aliphatic carbocycles. The number of alkyl halides is 1. The summed E-state index contributed by atoms with van der Waals surface area (Å²) in [6.45, 7) is 3.20. The van der Waals surface area contributed by atoms with Gasteiger partial charge in [-0.05, 0) is 37.5 Å². The van der Waals surface area contributed by atoms with Crippen molar-refractivity contribution in [3.63, 3.8) is 0 Å². The normalized spacial score (nSPS) is 11.5. The number of hydrogen-bond acceptors (Lipinski definition) is 4. The van der Waals surface area contributed by atoms with Gasteiger partial charge in [-0.15, -0.1) is 10.2 Å². The lowest BCUT2D eigenvalue weighted by Crippen LogP contribution is -2.39. The third-order valence-corrected chi connectivity index (χ3v) is 4.03. The molecule has 0 radical (unpaired) electrons. The van der Waals surface area contributed by atoms with Gasteiger partial charge in [0, 0.05) is 20.1 Å². The Hall–Kier alpha value is -2.64. The number of aryl methyl sites for hydroxylation is 1. The van der Waals surface area contributed by atoms with Gasteiger partial charge in [-0.3, -0.25) is 4.39 Å². The van der Waals surface area contributed by atoms with E-state index in [2.05, 4.69) is 25.8 Å². The van der Waals surface area contributed by atoms with Crippen LogP contribution in [0.25, 0.3) is 0 Å². The van der Waals surface area contributed by atoms with Crippen LogP contribution in [0.15, 0.2) is 29.3 Å². The second-order valence-corrected chi connectivity index (χ2v) is 5.88. The molecule has 7 nitrogen and oxygen atoms in total. The van der Waals surface area contributed by atoms with Crippen molar-refractivity contribution in [1.29, 1.82) is 0 Å². The maximum absolute atomic E-state index is 12.4. The van der Waals surface area contributed by atoms with E-state index in [9.17, 15) is 4.39 Å². The first-order valence-electron chi connectivity index (χ1n) is 8.70. The summed E-state index contributed by atoms with van der Waals surface area (Å²) in [6.07, 6.45) is 1.29. The van der Waals surface area contributed by atoms with Crippen LogP contribution >= 0.6 is 0 Å². The Bertz CT molecular complexity index is 698. The monoisotopic (exact) mass is 362 g/mol. The molecule has 0 aliphatic heterocycles. The molecule has 0 aliphatic rings. The van der Waals surface area contributed by atoms with Crippen molar-refractivity contribution in [3.8, 4) is 5.75 Å². The van der Waals surface area contributed by atoms with Crippen LogP contribution in [0.5, 0.6) is 5.75 Å². The number of benzene rings is 1. The first-order valence-corrected chi connectivity index (χ1v) is 8.70.